The summed E-state index contributed by atoms with van der Waals surface area (Å²) >= 11 is 0. The number of carbonyl (C=O) groups is 1. The number of rotatable bonds is 4. The minimum atomic E-state index is -4.53. The van der Waals surface area contributed by atoms with Crippen LogP contribution in [0.4, 0.5) is 0 Å². The molecule has 0 aliphatic carbocycles. The van der Waals surface area contributed by atoms with Gasteiger partial charge >= 0.3 is 10.1 Å². The van der Waals surface area contributed by atoms with Gasteiger partial charge in [-0.1, -0.05) is 12.1 Å². The van der Waals surface area contributed by atoms with E-state index in [1.807, 2.05) is 0 Å². The number of nitrogens with two attached hydrogens (primary N) is 1. The maximum absolute atomic E-state index is 11.4. The number of nitrogens with one attached hydrogen (secondary N) is 1. The van der Waals surface area contributed by atoms with E-state index in [0.29, 0.717) is 5.75 Å². The first-order valence-electron chi connectivity index (χ1n) is 5.95. The fourth-order valence-corrected chi connectivity index (χ4v) is 2.71. The number of hydrogen-bond donors (Lipinski definition) is 3. The molecule has 0 bridgehead atoms. The Labute approximate surface area is 121 Å². The van der Waals surface area contributed by atoms with Gasteiger partial charge in [-0.05, 0) is 17.7 Å². The number of hydrogen-bond acceptors (Lipinski definition) is 6. The summed E-state index contributed by atoms with van der Waals surface area (Å²) in [7, 11) is -2.99. The number of carbonyl (C=O) groups excluding carboxylic acids is 1. The molecule has 2 rings (SSSR count). The third kappa shape index (κ3) is 3.44. The van der Waals surface area contributed by atoms with E-state index < -0.39 is 21.5 Å². The van der Waals surface area contributed by atoms with Crippen molar-refractivity contribution in [1.82, 2.24) is 10.2 Å². The summed E-state index contributed by atoms with van der Waals surface area (Å²) in [6.07, 6.45) is 1.06. The lowest BCUT2D eigenvalue weighted by molar-refractivity contribution is -0.118. The highest BCUT2D eigenvalue weighted by atomic mass is 32.2. The number of ether oxygens (including phenoxy) is 1. The quantitative estimate of drug-likeness (QED) is 0.646. The number of nitrogens with zero attached hydrogens (tertiary/aromatic N) is 1. The highest BCUT2D eigenvalue weighted by Gasteiger charge is 2.35. The van der Waals surface area contributed by atoms with Gasteiger partial charge in [-0.3, -0.25) is 9.35 Å². The molecule has 1 aliphatic rings. The van der Waals surface area contributed by atoms with E-state index in [-0.39, 0.29) is 12.4 Å². The average molecular weight is 313 g/mol. The maximum atomic E-state index is 11.4. The van der Waals surface area contributed by atoms with Crippen LogP contribution in [0.2, 0.25) is 0 Å². The van der Waals surface area contributed by atoms with Gasteiger partial charge in [-0.25, -0.2) is 0 Å². The first kappa shape index (κ1) is 15.1. The molecule has 1 amide bonds. The van der Waals surface area contributed by atoms with Gasteiger partial charge in [-0.15, -0.1) is 0 Å². The standard InChI is InChI=1S/C12H15N3O5S/c1-20-9-4-2-8(3-5-9)7-15-10(13)6-11(16)14-12(15)21(17,18)19/h2-6,12H,7,13H2,1H3,(H,14,16)(H,17,18,19). The Morgan fingerprint density at radius 2 is 2.00 bits per heavy atom. The summed E-state index contributed by atoms with van der Waals surface area (Å²) in [6.45, 7) is 0.0943. The second-order valence-corrected chi connectivity index (χ2v) is 5.90. The van der Waals surface area contributed by atoms with Crippen molar-refractivity contribution < 1.29 is 22.5 Å². The fourth-order valence-electron chi connectivity index (χ4n) is 1.93. The molecule has 0 saturated heterocycles. The Morgan fingerprint density at radius 1 is 1.38 bits per heavy atom. The summed E-state index contributed by atoms with van der Waals surface area (Å²) in [6, 6.07) is 6.87. The van der Waals surface area contributed by atoms with Crippen molar-refractivity contribution in [2.45, 2.75) is 12.0 Å². The maximum Gasteiger partial charge on any atom is 0.306 e. The highest BCUT2D eigenvalue weighted by molar-refractivity contribution is 7.86. The second-order valence-electron chi connectivity index (χ2n) is 4.42. The molecule has 0 radical (unpaired) electrons. The molecule has 4 N–H and O–H groups in total. The molecule has 9 heteroatoms. The Morgan fingerprint density at radius 3 is 2.52 bits per heavy atom. The molecule has 1 aliphatic heterocycles. The van der Waals surface area contributed by atoms with E-state index >= 15 is 0 Å². The molecule has 0 spiro atoms. The Bertz CT molecular complexity index is 669. The van der Waals surface area contributed by atoms with Crippen LogP contribution in [-0.4, -0.2) is 36.4 Å². The number of amides is 1. The van der Waals surface area contributed by atoms with Crippen molar-refractivity contribution in [2.24, 2.45) is 5.73 Å². The molecule has 1 aromatic carbocycles. The van der Waals surface area contributed by atoms with Crippen molar-refractivity contribution in [3.8, 4) is 5.75 Å². The first-order chi connectivity index (χ1) is 9.81. The summed E-state index contributed by atoms with van der Waals surface area (Å²) in [5.41, 5.74) is 4.81. The van der Waals surface area contributed by atoms with E-state index in [1.165, 1.54) is 12.0 Å². The predicted octanol–water partition coefficient (Wildman–Crippen LogP) is -0.401. The van der Waals surface area contributed by atoms with Gasteiger partial charge in [0.25, 0.3) is 0 Å². The van der Waals surface area contributed by atoms with E-state index in [4.69, 9.17) is 10.5 Å². The number of benzene rings is 1. The summed E-state index contributed by atoms with van der Waals surface area (Å²) in [5, 5.41) is 2.15. The van der Waals surface area contributed by atoms with Gasteiger partial charge < -0.3 is 20.7 Å². The normalized spacial score (nSPS) is 19.0. The molecular weight excluding hydrogens is 298 g/mol. The average Bonchev–Trinajstić information content (AvgIpc) is 2.41. The van der Waals surface area contributed by atoms with Crippen LogP contribution in [0.25, 0.3) is 0 Å². The monoisotopic (exact) mass is 313 g/mol. The van der Waals surface area contributed by atoms with E-state index in [9.17, 15) is 17.8 Å². The van der Waals surface area contributed by atoms with E-state index in [1.54, 1.807) is 24.3 Å². The smallest absolute Gasteiger partial charge is 0.306 e. The molecule has 1 atom stereocenters. The van der Waals surface area contributed by atoms with Crippen molar-refractivity contribution >= 4 is 16.0 Å². The van der Waals surface area contributed by atoms with Crippen LogP contribution in [0.1, 0.15) is 5.56 Å². The minimum Gasteiger partial charge on any atom is -0.497 e. The van der Waals surface area contributed by atoms with Crippen LogP contribution in [0.5, 0.6) is 5.75 Å². The second kappa shape index (κ2) is 5.62. The van der Waals surface area contributed by atoms with Gasteiger partial charge in [0.2, 0.25) is 11.4 Å². The van der Waals surface area contributed by atoms with Gasteiger partial charge in [-0.2, -0.15) is 8.42 Å². The van der Waals surface area contributed by atoms with Gasteiger partial charge in [0.15, 0.2) is 0 Å². The lowest BCUT2D eigenvalue weighted by atomic mass is 10.2. The Hall–Kier alpha value is -2.26. The zero-order valence-corrected chi connectivity index (χ0v) is 12.0. The van der Waals surface area contributed by atoms with Crippen LogP contribution in [0.3, 0.4) is 0 Å². The van der Waals surface area contributed by atoms with Gasteiger partial charge in [0.05, 0.1) is 7.11 Å². The van der Waals surface area contributed by atoms with Crippen LogP contribution in [0.15, 0.2) is 36.2 Å². The summed E-state index contributed by atoms with van der Waals surface area (Å²) < 4.78 is 37.0. The predicted molar refractivity (Wildman–Crippen MR) is 74.3 cm³/mol. The summed E-state index contributed by atoms with van der Waals surface area (Å²) in [5.74, 6) is -0.0705. The molecular formula is C12H15N3O5S. The molecule has 1 heterocycles. The van der Waals surface area contributed by atoms with Crippen molar-refractivity contribution in [2.75, 3.05) is 7.11 Å². The van der Waals surface area contributed by atoms with E-state index in [2.05, 4.69) is 5.32 Å². The Kier molecular flexibility index (Phi) is 4.05. The lowest BCUT2D eigenvalue weighted by Crippen LogP contribution is -2.56. The molecule has 114 valence electrons. The molecule has 21 heavy (non-hydrogen) atoms. The third-order valence-electron chi connectivity index (χ3n) is 2.95. The highest BCUT2D eigenvalue weighted by Crippen LogP contribution is 2.19. The Balaban J connectivity index is 2.29. The topological polar surface area (TPSA) is 122 Å². The molecule has 0 fully saturated rings. The SMILES string of the molecule is COc1ccc(CN2C(N)=CC(=O)NC2S(=O)(=O)O)cc1. The number of methoxy groups -OCH3 is 1. The first-order valence-corrected chi connectivity index (χ1v) is 7.45. The fraction of sp³-hybridized carbons (Fsp3) is 0.250. The van der Waals surface area contributed by atoms with Crippen LogP contribution in [-0.2, 0) is 21.5 Å². The summed E-state index contributed by atoms with van der Waals surface area (Å²) in [4.78, 5) is 12.5. The zero-order valence-electron chi connectivity index (χ0n) is 11.2. The molecule has 1 unspecified atom stereocenters. The van der Waals surface area contributed by atoms with Crippen LogP contribution < -0.4 is 15.8 Å². The van der Waals surface area contributed by atoms with Crippen LogP contribution >= 0.6 is 0 Å². The molecule has 1 aromatic rings. The zero-order chi connectivity index (χ0) is 15.6. The molecule has 0 saturated carbocycles. The van der Waals surface area contributed by atoms with Crippen molar-refractivity contribution in [3.05, 3.63) is 41.7 Å². The largest absolute Gasteiger partial charge is 0.497 e. The van der Waals surface area contributed by atoms with Gasteiger partial charge in [0, 0.05) is 12.6 Å². The third-order valence-corrected chi connectivity index (χ3v) is 3.89. The molecule has 8 nitrogen and oxygen atoms in total. The van der Waals surface area contributed by atoms with Crippen molar-refractivity contribution in [3.63, 3.8) is 0 Å². The lowest BCUT2D eigenvalue weighted by Gasteiger charge is -2.34. The van der Waals surface area contributed by atoms with Crippen LogP contribution in [0, 0.1) is 0 Å². The molecule has 0 aromatic heterocycles. The minimum absolute atomic E-state index is 0.0443. The van der Waals surface area contributed by atoms with Crippen molar-refractivity contribution in [1.29, 1.82) is 0 Å². The van der Waals surface area contributed by atoms with Gasteiger partial charge in [0.1, 0.15) is 11.6 Å². The van der Waals surface area contributed by atoms with E-state index in [0.717, 1.165) is 11.6 Å².